The van der Waals surface area contributed by atoms with Crippen LogP contribution in [0.4, 0.5) is 5.69 Å². The smallest absolute Gasteiger partial charge is 0.269 e. The van der Waals surface area contributed by atoms with Crippen molar-refractivity contribution in [1.82, 2.24) is 9.55 Å². The Kier molecular flexibility index (Phi) is 3.89. The molecule has 0 saturated carbocycles. The third-order valence-corrected chi connectivity index (χ3v) is 3.68. The number of benzene rings is 2. The van der Waals surface area contributed by atoms with Gasteiger partial charge in [0.25, 0.3) is 5.69 Å². The maximum absolute atomic E-state index is 10.8. The van der Waals surface area contributed by atoms with E-state index in [0.29, 0.717) is 5.02 Å². The fraction of sp³-hybridized carbons (Fsp3) is 0.0625. The molecular formula is C16H12ClN3O2. The molecule has 1 atom stereocenters. The highest BCUT2D eigenvalue weighted by molar-refractivity contribution is 6.30. The second kappa shape index (κ2) is 5.99. The van der Waals surface area contributed by atoms with Crippen molar-refractivity contribution in [3.05, 3.63) is 93.5 Å². The third kappa shape index (κ3) is 2.84. The number of hydrogen-bond acceptors (Lipinski definition) is 3. The Labute approximate surface area is 132 Å². The van der Waals surface area contributed by atoms with E-state index >= 15 is 0 Å². The zero-order chi connectivity index (χ0) is 15.5. The predicted octanol–water partition coefficient (Wildman–Crippen LogP) is 4.08. The molecule has 0 aliphatic carbocycles. The molecule has 1 heterocycles. The van der Waals surface area contributed by atoms with E-state index in [1.54, 1.807) is 24.7 Å². The van der Waals surface area contributed by atoms with Crippen LogP contribution in [0.2, 0.25) is 5.02 Å². The summed E-state index contributed by atoms with van der Waals surface area (Å²) in [4.78, 5) is 14.5. The summed E-state index contributed by atoms with van der Waals surface area (Å²) in [5.74, 6) is 0. The highest BCUT2D eigenvalue weighted by Gasteiger charge is 2.17. The first-order chi connectivity index (χ1) is 10.6. The lowest BCUT2D eigenvalue weighted by molar-refractivity contribution is -0.384. The SMILES string of the molecule is O=[N+]([O-])c1ccc([C@@H](c2ccc(Cl)cc2)n2ccnc2)cc1. The predicted molar refractivity (Wildman–Crippen MR) is 84.0 cm³/mol. The van der Waals surface area contributed by atoms with Crippen LogP contribution in [0.15, 0.2) is 67.3 Å². The minimum atomic E-state index is -0.404. The molecule has 3 aromatic rings. The summed E-state index contributed by atoms with van der Waals surface area (Å²) in [6.07, 6.45) is 5.29. The highest BCUT2D eigenvalue weighted by Crippen LogP contribution is 2.28. The number of rotatable bonds is 4. The quantitative estimate of drug-likeness (QED) is 0.538. The monoisotopic (exact) mass is 313 g/mol. The Bertz CT molecular complexity index is 768. The fourth-order valence-electron chi connectivity index (χ4n) is 2.38. The second-order valence-corrected chi connectivity index (χ2v) is 5.25. The van der Waals surface area contributed by atoms with Crippen LogP contribution in [0.1, 0.15) is 17.2 Å². The average molecular weight is 314 g/mol. The summed E-state index contributed by atoms with van der Waals surface area (Å²) in [6.45, 7) is 0. The first kappa shape index (κ1) is 14.3. The van der Waals surface area contributed by atoms with Crippen LogP contribution in [-0.4, -0.2) is 14.5 Å². The first-order valence-corrected chi connectivity index (χ1v) is 7.00. The summed E-state index contributed by atoms with van der Waals surface area (Å²) < 4.78 is 1.95. The van der Waals surface area contributed by atoms with Gasteiger partial charge in [-0.15, -0.1) is 0 Å². The van der Waals surface area contributed by atoms with Crippen molar-refractivity contribution < 1.29 is 4.92 Å². The van der Waals surface area contributed by atoms with Crippen LogP contribution in [0.3, 0.4) is 0 Å². The number of nitrogens with zero attached hydrogens (tertiary/aromatic N) is 3. The van der Waals surface area contributed by atoms with Crippen molar-refractivity contribution in [2.24, 2.45) is 0 Å². The molecule has 0 aliphatic rings. The minimum absolute atomic E-state index is 0.0734. The zero-order valence-electron chi connectivity index (χ0n) is 11.5. The van der Waals surface area contributed by atoms with Crippen LogP contribution in [0.5, 0.6) is 0 Å². The second-order valence-electron chi connectivity index (χ2n) is 4.81. The molecule has 0 N–H and O–H groups in total. The van der Waals surface area contributed by atoms with E-state index in [1.807, 2.05) is 35.0 Å². The van der Waals surface area contributed by atoms with E-state index in [-0.39, 0.29) is 11.7 Å². The number of halogens is 1. The van der Waals surface area contributed by atoms with Crippen LogP contribution >= 0.6 is 11.6 Å². The molecule has 1 aromatic heterocycles. The average Bonchev–Trinajstić information content (AvgIpc) is 3.04. The Balaban J connectivity index is 2.05. The van der Waals surface area contributed by atoms with Gasteiger partial charge in [-0.05, 0) is 35.4 Å². The summed E-state index contributed by atoms with van der Waals surface area (Å²) in [5, 5.41) is 11.5. The lowest BCUT2D eigenvalue weighted by atomic mass is 9.98. The van der Waals surface area contributed by atoms with Crippen molar-refractivity contribution in [1.29, 1.82) is 0 Å². The van der Waals surface area contributed by atoms with Crippen molar-refractivity contribution in [3.8, 4) is 0 Å². The summed E-state index contributed by atoms with van der Waals surface area (Å²) >= 11 is 5.95. The van der Waals surface area contributed by atoms with Gasteiger partial charge < -0.3 is 4.57 Å². The van der Waals surface area contributed by atoms with Gasteiger partial charge in [-0.1, -0.05) is 23.7 Å². The van der Waals surface area contributed by atoms with E-state index in [1.165, 1.54) is 12.1 Å². The van der Waals surface area contributed by atoms with Crippen molar-refractivity contribution >= 4 is 17.3 Å². The highest BCUT2D eigenvalue weighted by atomic mass is 35.5. The van der Waals surface area contributed by atoms with Gasteiger partial charge in [-0.2, -0.15) is 0 Å². The van der Waals surface area contributed by atoms with Crippen LogP contribution < -0.4 is 0 Å². The standard InChI is InChI=1S/C16H12ClN3O2/c17-14-5-1-12(2-6-14)16(19-10-9-18-11-19)13-3-7-15(8-4-13)20(21)22/h1-11,16H/t16-/m1/s1. The number of aromatic nitrogens is 2. The number of imidazole rings is 1. The molecular weight excluding hydrogens is 302 g/mol. The van der Waals surface area contributed by atoms with Gasteiger partial charge in [0, 0.05) is 29.5 Å². The summed E-state index contributed by atoms with van der Waals surface area (Å²) in [5.41, 5.74) is 2.03. The molecule has 0 aliphatic heterocycles. The molecule has 0 saturated heterocycles. The third-order valence-electron chi connectivity index (χ3n) is 3.43. The Morgan fingerprint density at radius 1 is 1.05 bits per heavy atom. The summed E-state index contributed by atoms with van der Waals surface area (Å²) in [6, 6.07) is 14.0. The van der Waals surface area contributed by atoms with Crippen LogP contribution in [0, 0.1) is 10.1 Å². The first-order valence-electron chi connectivity index (χ1n) is 6.62. The van der Waals surface area contributed by atoms with Gasteiger partial charge in [-0.25, -0.2) is 4.98 Å². The van der Waals surface area contributed by atoms with Gasteiger partial charge in [0.1, 0.15) is 0 Å². The molecule has 0 spiro atoms. The van der Waals surface area contributed by atoms with Gasteiger partial charge in [0.2, 0.25) is 0 Å². The molecule has 5 nitrogen and oxygen atoms in total. The Morgan fingerprint density at radius 3 is 2.14 bits per heavy atom. The fourth-order valence-corrected chi connectivity index (χ4v) is 2.51. The molecule has 110 valence electrons. The van der Waals surface area contributed by atoms with Gasteiger partial charge >= 0.3 is 0 Å². The summed E-state index contributed by atoms with van der Waals surface area (Å²) in [7, 11) is 0. The van der Waals surface area contributed by atoms with E-state index < -0.39 is 4.92 Å². The molecule has 0 radical (unpaired) electrons. The molecule has 3 rings (SSSR count). The lowest BCUT2D eigenvalue weighted by Gasteiger charge is -2.19. The van der Waals surface area contributed by atoms with Crippen molar-refractivity contribution in [2.45, 2.75) is 6.04 Å². The van der Waals surface area contributed by atoms with E-state index in [9.17, 15) is 10.1 Å². The number of hydrogen-bond donors (Lipinski definition) is 0. The molecule has 22 heavy (non-hydrogen) atoms. The maximum atomic E-state index is 10.8. The van der Waals surface area contributed by atoms with E-state index in [4.69, 9.17) is 11.6 Å². The van der Waals surface area contributed by atoms with E-state index in [0.717, 1.165) is 11.1 Å². The number of nitro groups is 1. The molecule has 0 fully saturated rings. The van der Waals surface area contributed by atoms with Gasteiger partial charge in [-0.3, -0.25) is 10.1 Å². The molecule has 0 unspecified atom stereocenters. The normalized spacial score (nSPS) is 12.0. The maximum Gasteiger partial charge on any atom is 0.269 e. The number of non-ortho nitro benzene ring substituents is 1. The topological polar surface area (TPSA) is 61.0 Å². The Morgan fingerprint density at radius 2 is 1.64 bits per heavy atom. The largest absolute Gasteiger partial charge is 0.326 e. The molecule has 0 amide bonds. The number of nitro benzene ring substituents is 1. The molecule has 0 bridgehead atoms. The van der Waals surface area contributed by atoms with Crippen molar-refractivity contribution in [3.63, 3.8) is 0 Å². The van der Waals surface area contributed by atoms with Crippen molar-refractivity contribution in [2.75, 3.05) is 0 Å². The Hall–Kier alpha value is -2.66. The van der Waals surface area contributed by atoms with Gasteiger partial charge in [0.05, 0.1) is 17.3 Å². The van der Waals surface area contributed by atoms with Crippen LogP contribution in [-0.2, 0) is 0 Å². The minimum Gasteiger partial charge on any atom is -0.326 e. The van der Waals surface area contributed by atoms with Crippen LogP contribution in [0.25, 0.3) is 0 Å². The molecule has 6 heteroatoms. The molecule has 2 aromatic carbocycles. The zero-order valence-corrected chi connectivity index (χ0v) is 12.2. The van der Waals surface area contributed by atoms with E-state index in [2.05, 4.69) is 4.98 Å². The van der Waals surface area contributed by atoms with Gasteiger partial charge in [0.15, 0.2) is 0 Å². The lowest BCUT2D eigenvalue weighted by Crippen LogP contribution is -2.10.